The van der Waals surface area contributed by atoms with Crippen molar-refractivity contribution in [1.82, 2.24) is 34.7 Å². The number of hydrogen-bond acceptors (Lipinski definition) is 10. The van der Waals surface area contributed by atoms with Crippen LogP contribution in [0.2, 0.25) is 0 Å². The fourth-order valence-electron chi connectivity index (χ4n) is 3.97. The zero-order valence-electron chi connectivity index (χ0n) is 21.3. The Morgan fingerprint density at radius 3 is 2.17 bits per heavy atom. The van der Waals surface area contributed by atoms with Gasteiger partial charge in [-0.2, -0.15) is 15.6 Å². The molecule has 0 aromatic carbocycles. The third-order valence-electron chi connectivity index (χ3n) is 5.90. The second-order valence-corrected chi connectivity index (χ2v) is 9.53. The van der Waals surface area contributed by atoms with Crippen molar-refractivity contribution in [1.29, 1.82) is 10.5 Å². The molecule has 11 nitrogen and oxygen atoms in total. The van der Waals surface area contributed by atoms with Crippen LogP contribution in [0.5, 0.6) is 0 Å². The summed E-state index contributed by atoms with van der Waals surface area (Å²) in [5.41, 5.74) is 6.60. The summed E-state index contributed by atoms with van der Waals surface area (Å²) in [4.78, 5) is 29.1. The highest BCUT2D eigenvalue weighted by atomic mass is 127. The van der Waals surface area contributed by atoms with E-state index >= 15 is 0 Å². The number of hydrogen-bond donors (Lipinski definition) is 0. The lowest BCUT2D eigenvalue weighted by molar-refractivity contribution is 0.694. The molecule has 12 heteroatoms. The number of fused-ring (bicyclic) bond motifs is 3. The molecule has 194 valence electrons. The van der Waals surface area contributed by atoms with Crippen LogP contribution in [0.15, 0.2) is 77.4 Å². The van der Waals surface area contributed by atoms with Gasteiger partial charge in [-0.05, 0) is 65.9 Å². The number of aryl methyl sites for hydroxylation is 1. The van der Waals surface area contributed by atoms with Gasteiger partial charge in [0.15, 0.2) is 11.3 Å². The Hall–Kier alpha value is -4.95. The summed E-state index contributed by atoms with van der Waals surface area (Å²) >= 11 is 2.23. The molecule has 0 bridgehead atoms. The smallest absolute Gasteiger partial charge is 0.172 e. The van der Waals surface area contributed by atoms with Crippen molar-refractivity contribution in [3.05, 3.63) is 107 Å². The Morgan fingerprint density at radius 1 is 0.825 bits per heavy atom. The maximum absolute atomic E-state index is 9.07. The fourth-order valence-corrected chi connectivity index (χ4v) is 4.63. The van der Waals surface area contributed by atoms with Crippen molar-refractivity contribution in [2.24, 2.45) is 9.98 Å². The van der Waals surface area contributed by atoms with Gasteiger partial charge in [0.05, 0.1) is 36.4 Å². The average molecular weight is 637 g/mol. The first-order chi connectivity index (χ1) is 19.6. The molecule has 0 N–H and O–H groups in total. The maximum Gasteiger partial charge on any atom is 0.172 e. The number of aliphatic imine (C=N–C) groups is 2. The minimum atomic E-state index is 0.385. The molecule has 40 heavy (non-hydrogen) atoms. The minimum absolute atomic E-state index is 0.385. The molecule has 0 atom stereocenters. The predicted molar refractivity (Wildman–Crippen MR) is 157 cm³/mol. The molecule has 7 heterocycles. The monoisotopic (exact) mass is 637 g/mol. The van der Waals surface area contributed by atoms with Gasteiger partial charge in [-0.3, -0.25) is 20.0 Å². The van der Waals surface area contributed by atoms with E-state index in [1.165, 1.54) is 5.56 Å². The molecular formula is C28H20IN11. The molecule has 2 aliphatic rings. The lowest BCUT2D eigenvalue weighted by Gasteiger charge is -2.02. The molecule has 2 aliphatic heterocycles. The summed E-state index contributed by atoms with van der Waals surface area (Å²) in [6.07, 6.45) is 8.72. The topological polar surface area (TPSA) is 155 Å². The number of pyridine rings is 3. The quantitative estimate of drug-likeness (QED) is 0.262. The average Bonchev–Trinajstić information content (AvgIpc) is 3.70. The van der Waals surface area contributed by atoms with Crippen molar-refractivity contribution in [2.75, 3.05) is 0 Å². The van der Waals surface area contributed by atoms with Crippen LogP contribution >= 0.6 is 22.6 Å². The lowest BCUT2D eigenvalue weighted by atomic mass is 10.1. The highest BCUT2D eigenvalue weighted by molar-refractivity contribution is 14.1. The highest BCUT2D eigenvalue weighted by Crippen LogP contribution is 2.19. The standard InChI is InChI=1S/C13H10N6.C8H5N3.C7H5IN2/c1-9-16-6-10(7-17-9)8-19-13-11(3-2-4-15-13)12(5-14)18-19;9-4-7-6-2-1-3-10-8(6)5-11-7;8-7-5-2-1-3-9-6(5)4-10-7/h2-4,6-7H,8H2,1H3;1-3H,5H2;1-3H,4H2. The van der Waals surface area contributed by atoms with E-state index in [-0.39, 0.29) is 0 Å². The zero-order chi connectivity index (χ0) is 27.9. The van der Waals surface area contributed by atoms with E-state index in [0.717, 1.165) is 44.0 Å². The first kappa shape index (κ1) is 26.6. The van der Waals surface area contributed by atoms with Crippen LogP contribution in [0.3, 0.4) is 0 Å². The number of halogens is 1. The van der Waals surface area contributed by atoms with Crippen LogP contribution in [0.4, 0.5) is 0 Å². The van der Waals surface area contributed by atoms with Crippen molar-refractivity contribution >= 4 is 43.1 Å². The molecule has 0 amide bonds. The van der Waals surface area contributed by atoms with E-state index in [1.807, 2.05) is 43.5 Å². The minimum Gasteiger partial charge on any atom is -0.272 e. The van der Waals surface area contributed by atoms with E-state index < -0.39 is 0 Å². The van der Waals surface area contributed by atoms with Crippen LogP contribution in [0.25, 0.3) is 11.0 Å². The van der Waals surface area contributed by atoms with Gasteiger partial charge in [0, 0.05) is 47.7 Å². The summed E-state index contributed by atoms with van der Waals surface area (Å²) in [5.74, 6) is 0.727. The summed E-state index contributed by atoms with van der Waals surface area (Å²) in [6, 6.07) is 15.4. The van der Waals surface area contributed by atoms with Crippen molar-refractivity contribution in [3.63, 3.8) is 0 Å². The van der Waals surface area contributed by atoms with Gasteiger partial charge in [0.1, 0.15) is 27.4 Å². The van der Waals surface area contributed by atoms with Crippen LogP contribution in [0, 0.1) is 29.6 Å². The molecule has 0 saturated heterocycles. The highest BCUT2D eigenvalue weighted by Gasteiger charge is 2.15. The number of aromatic nitrogens is 7. The molecule has 0 aliphatic carbocycles. The van der Waals surface area contributed by atoms with Crippen molar-refractivity contribution < 1.29 is 0 Å². The van der Waals surface area contributed by atoms with Gasteiger partial charge in [0.25, 0.3) is 0 Å². The van der Waals surface area contributed by atoms with E-state index in [4.69, 9.17) is 10.5 Å². The van der Waals surface area contributed by atoms with Crippen LogP contribution < -0.4 is 0 Å². The van der Waals surface area contributed by atoms with E-state index in [9.17, 15) is 0 Å². The first-order valence-corrected chi connectivity index (χ1v) is 13.2. The Kier molecular flexibility index (Phi) is 8.18. The number of nitrogens with zero attached hydrogens (tertiary/aromatic N) is 11. The van der Waals surface area contributed by atoms with Gasteiger partial charge >= 0.3 is 0 Å². The predicted octanol–water partition coefficient (Wildman–Crippen LogP) is 4.13. The maximum atomic E-state index is 9.07. The van der Waals surface area contributed by atoms with Crippen molar-refractivity contribution in [2.45, 2.75) is 26.6 Å². The summed E-state index contributed by atoms with van der Waals surface area (Å²) in [6.45, 7) is 3.64. The van der Waals surface area contributed by atoms with Crippen LogP contribution in [-0.4, -0.2) is 44.1 Å². The fraction of sp³-hybridized carbons (Fsp3) is 0.143. The molecule has 0 fully saturated rings. The molecule has 7 rings (SSSR count). The first-order valence-electron chi connectivity index (χ1n) is 12.1. The summed E-state index contributed by atoms with van der Waals surface area (Å²) < 4.78 is 2.78. The molecule has 0 saturated carbocycles. The number of nitriles is 2. The lowest BCUT2D eigenvalue weighted by Crippen LogP contribution is -2.04. The van der Waals surface area contributed by atoms with Crippen LogP contribution in [0.1, 0.15) is 39.6 Å². The molecule has 0 radical (unpaired) electrons. The molecular weight excluding hydrogens is 617 g/mol. The van der Waals surface area contributed by atoms with E-state index in [2.05, 4.69) is 74.7 Å². The van der Waals surface area contributed by atoms with E-state index in [1.54, 1.807) is 35.5 Å². The van der Waals surface area contributed by atoms with Crippen molar-refractivity contribution in [3.8, 4) is 12.1 Å². The van der Waals surface area contributed by atoms with Crippen LogP contribution in [-0.2, 0) is 19.6 Å². The Labute approximate surface area is 243 Å². The molecule has 0 spiro atoms. The third kappa shape index (κ3) is 5.87. The Balaban J connectivity index is 0.000000131. The summed E-state index contributed by atoms with van der Waals surface area (Å²) in [7, 11) is 0. The summed E-state index contributed by atoms with van der Waals surface area (Å²) in [5, 5.41) is 22.7. The normalized spacial score (nSPS) is 12.4. The Morgan fingerprint density at radius 2 is 1.48 bits per heavy atom. The SMILES string of the molecule is Cc1ncc(Cn2nc(C#N)c3cccnc32)cn1.IC1=NCc2ncccc21.N#CC1=NCc2ncccc21. The number of rotatable bonds is 2. The van der Waals surface area contributed by atoms with Gasteiger partial charge in [-0.1, -0.05) is 0 Å². The zero-order valence-corrected chi connectivity index (χ0v) is 23.4. The third-order valence-corrected chi connectivity index (χ3v) is 6.82. The second-order valence-electron chi connectivity index (χ2n) is 8.51. The van der Waals surface area contributed by atoms with Gasteiger partial charge in [-0.25, -0.2) is 19.6 Å². The molecule has 5 aromatic rings. The van der Waals surface area contributed by atoms with Gasteiger partial charge in [0.2, 0.25) is 0 Å². The Bertz CT molecular complexity index is 1830. The van der Waals surface area contributed by atoms with Gasteiger partial charge in [-0.15, -0.1) is 0 Å². The second kappa shape index (κ2) is 12.3. The largest absolute Gasteiger partial charge is 0.272 e. The van der Waals surface area contributed by atoms with E-state index in [0.29, 0.717) is 30.1 Å². The van der Waals surface area contributed by atoms with Gasteiger partial charge < -0.3 is 0 Å². The molecule has 0 unspecified atom stereocenters. The molecule has 5 aromatic heterocycles.